The highest BCUT2D eigenvalue weighted by Gasteiger charge is 2.22. The van der Waals surface area contributed by atoms with Gasteiger partial charge in [0.05, 0.1) is 19.1 Å². The molecule has 0 bridgehead atoms. The fourth-order valence-corrected chi connectivity index (χ4v) is 4.69. The highest BCUT2D eigenvalue weighted by Crippen LogP contribution is 2.21. The fraction of sp³-hybridized carbons (Fsp3) is 0.188. The summed E-state index contributed by atoms with van der Waals surface area (Å²) in [6, 6.07) is 17.0. The Morgan fingerprint density at radius 1 is 0.722 bits per heavy atom. The van der Waals surface area contributed by atoms with E-state index in [1.807, 2.05) is 0 Å². The van der Waals surface area contributed by atoms with E-state index < -0.39 is 8.07 Å². The summed E-state index contributed by atoms with van der Waals surface area (Å²) >= 11 is 0. The Morgan fingerprint density at radius 3 is 1.61 bits per heavy atom. The Labute approximate surface area is 108 Å². The van der Waals surface area contributed by atoms with Gasteiger partial charge in [0.25, 0.3) is 0 Å². The maximum atomic E-state index is 4.77. The number of hydrogen-bond donors (Lipinski definition) is 0. The maximum absolute atomic E-state index is 4.77. The van der Waals surface area contributed by atoms with E-state index in [0.717, 1.165) is 11.0 Å². The Balaban J connectivity index is 2.58. The number of benzene rings is 2. The van der Waals surface area contributed by atoms with Gasteiger partial charge in [0.1, 0.15) is 0 Å². The molecule has 0 N–H and O–H groups in total. The maximum Gasteiger partial charge on any atom is 0.0793 e. The zero-order valence-electron chi connectivity index (χ0n) is 11.1. The lowest BCUT2D eigenvalue weighted by Gasteiger charge is -2.21. The molecule has 1 aromatic heterocycles. The SMILES string of the molecule is C[Si](C)(C)c1c2ccccc2nc2ccccc12. The number of fused-ring (bicyclic) bond motifs is 2. The van der Waals surface area contributed by atoms with Crippen molar-refractivity contribution in [1.29, 1.82) is 0 Å². The van der Waals surface area contributed by atoms with Crippen LogP contribution >= 0.6 is 0 Å². The molecule has 0 spiro atoms. The average Bonchev–Trinajstić information content (AvgIpc) is 2.34. The van der Waals surface area contributed by atoms with Crippen LogP contribution in [-0.2, 0) is 0 Å². The minimum atomic E-state index is -1.40. The normalized spacial score (nSPS) is 12.2. The fourth-order valence-electron chi connectivity index (χ4n) is 2.65. The summed E-state index contributed by atoms with van der Waals surface area (Å²) in [5.41, 5.74) is 2.24. The minimum absolute atomic E-state index is 1.12. The molecule has 0 saturated carbocycles. The van der Waals surface area contributed by atoms with Crippen molar-refractivity contribution in [3.63, 3.8) is 0 Å². The predicted molar refractivity (Wildman–Crippen MR) is 82.2 cm³/mol. The number of aromatic nitrogens is 1. The monoisotopic (exact) mass is 251 g/mol. The van der Waals surface area contributed by atoms with Crippen molar-refractivity contribution in [3.8, 4) is 0 Å². The summed E-state index contributed by atoms with van der Waals surface area (Å²) in [5.74, 6) is 0. The van der Waals surface area contributed by atoms with Crippen molar-refractivity contribution >= 4 is 35.1 Å². The number of rotatable bonds is 1. The van der Waals surface area contributed by atoms with Crippen LogP contribution in [0.2, 0.25) is 19.6 Å². The molecule has 2 heteroatoms. The summed E-state index contributed by atoms with van der Waals surface area (Å²) in [7, 11) is -1.40. The second-order valence-electron chi connectivity index (χ2n) is 5.77. The zero-order valence-corrected chi connectivity index (χ0v) is 12.1. The van der Waals surface area contributed by atoms with Crippen LogP contribution in [0, 0.1) is 0 Å². The molecule has 3 aromatic rings. The van der Waals surface area contributed by atoms with Gasteiger partial charge in [-0.05, 0) is 17.3 Å². The third-order valence-corrected chi connectivity index (χ3v) is 5.38. The summed E-state index contributed by atoms with van der Waals surface area (Å²) in [6.07, 6.45) is 0. The van der Waals surface area contributed by atoms with Crippen molar-refractivity contribution in [2.75, 3.05) is 0 Å². The lowest BCUT2D eigenvalue weighted by Crippen LogP contribution is -2.39. The highest BCUT2D eigenvalue weighted by molar-refractivity contribution is 6.92. The van der Waals surface area contributed by atoms with Crippen LogP contribution < -0.4 is 5.19 Å². The van der Waals surface area contributed by atoms with Gasteiger partial charge < -0.3 is 0 Å². The number of pyridine rings is 1. The number of nitrogens with zero attached hydrogens (tertiary/aromatic N) is 1. The molecule has 0 saturated heterocycles. The molecule has 2 aromatic carbocycles. The molecule has 0 aliphatic carbocycles. The summed E-state index contributed by atoms with van der Waals surface area (Å²) < 4.78 is 0. The first-order valence-corrected chi connectivity index (χ1v) is 9.85. The van der Waals surface area contributed by atoms with Gasteiger partial charge in [0, 0.05) is 10.8 Å². The van der Waals surface area contributed by atoms with Crippen LogP contribution in [-0.4, -0.2) is 13.1 Å². The van der Waals surface area contributed by atoms with Crippen molar-refractivity contribution in [3.05, 3.63) is 48.5 Å². The zero-order chi connectivity index (χ0) is 12.8. The van der Waals surface area contributed by atoms with E-state index in [9.17, 15) is 0 Å². The molecule has 90 valence electrons. The van der Waals surface area contributed by atoms with E-state index in [1.165, 1.54) is 16.0 Å². The van der Waals surface area contributed by atoms with Crippen molar-refractivity contribution in [2.24, 2.45) is 0 Å². The predicted octanol–water partition coefficient (Wildman–Crippen LogP) is 3.93. The van der Waals surface area contributed by atoms with Gasteiger partial charge in [-0.3, -0.25) is 0 Å². The summed E-state index contributed by atoms with van der Waals surface area (Å²) in [4.78, 5) is 4.77. The quantitative estimate of drug-likeness (QED) is 0.471. The Bertz CT molecular complexity index is 672. The van der Waals surface area contributed by atoms with E-state index in [4.69, 9.17) is 4.98 Å². The lowest BCUT2D eigenvalue weighted by atomic mass is 10.1. The first-order chi connectivity index (χ1) is 8.57. The first-order valence-electron chi connectivity index (χ1n) is 6.35. The molecule has 1 nitrogen and oxygen atoms in total. The van der Waals surface area contributed by atoms with Gasteiger partial charge in [-0.15, -0.1) is 0 Å². The number of hydrogen-bond acceptors (Lipinski definition) is 1. The summed E-state index contributed by atoms with van der Waals surface area (Å²) in [5, 5.41) is 4.19. The molecule has 1 heterocycles. The van der Waals surface area contributed by atoms with Crippen LogP contribution in [0.15, 0.2) is 48.5 Å². The van der Waals surface area contributed by atoms with Crippen molar-refractivity contribution in [2.45, 2.75) is 19.6 Å². The Kier molecular flexibility index (Phi) is 2.49. The van der Waals surface area contributed by atoms with Gasteiger partial charge in [0.15, 0.2) is 0 Å². The van der Waals surface area contributed by atoms with E-state index in [0.29, 0.717) is 0 Å². The largest absolute Gasteiger partial charge is 0.248 e. The van der Waals surface area contributed by atoms with Crippen LogP contribution in [0.3, 0.4) is 0 Å². The first kappa shape index (κ1) is 11.4. The van der Waals surface area contributed by atoms with Crippen LogP contribution in [0.4, 0.5) is 0 Å². The molecular formula is C16H17NSi. The summed E-state index contributed by atoms with van der Waals surface area (Å²) in [6.45, 7) is 7.21. The van der Waals surface area contributed by atoms with Crippen LogP contribution in [0.1, 0.15) is 0 Å². The van der Waals surface area contributed by atoms with E-state index >= 15 is 0 Å². The molecular weight excluding hydrogens is 234 g/mol. The molecule has 0 radical (unpaired) electrons. The van der Waals surface area contributed by atoms with Gasteiger partial charge in [-0.2, -0.15) is 0 Å². The van der Waals surface area contributed by atoms with Crippen LogP contribution in [0.5, 0.6) is 0 Å². The average molecular weight is 251 g/mol. The number of para-hydroxylation sites is 2. The second kappa shape index (κ2) is 3.92. The molecule has 0 unspecified atom stereocenters. The molecule has 3 rings (SSSR count). The molecule has 0 aliphatic rings. The highest BCUT2D eigenvalue weighted by atomic mass is 28.3. The second-order valence-corrected chi connectivity index (χ2v) is 10.8. The Morgan fingerprint density at radius 2 is 1.17 bits per heavy atom. The standard InChI is InChI=1S/C16H17NSi/c1-18(2,3)16-12-8-4-6-10-14(12)17-15-11-7-5-9-13(15)16/h4-11H,1-3H3. The molecule has 0 amide bonds. The van der Waals surface area contributed by atoms with Gasteiger partial charge >= 0.3 is 0 Å². The third kappa shape index (κ3) is 1.73. The van der Waals surface area contributed by atoms with E-state index in [-0.39, 0.29) is 0 Å². The van der Waals surface area contributed by atoms with Crippen molar-refractivity contribution < 1.29 is 0 Å². The topological polar surface area (TPSA) is 12.9 Å². The Hall–Kier alpha value is -1.67. The minimum Gasteiger partial charge on any atom is -0.248 e. The van der Waals surface area contributed by atoms with Gasteiger partial charge in [0.2, 0.25) is 0 Å². The smallest absolute Gasteiger partial charge is 0.0793 e. The third-order valence-electron chi connectivity index (χ3n) is 3.34. The molecule has 0 fully saturated rings. The van der Waals surface area contributed by atoms with Crippen LogP contribution in [0.25, 0.3) is 21.8 Å². The van der Waals surface area contributed by atoms with Gasteiger partial charge in [-0.25, -0.2) is 4.98 Å². The van der Waals surface area contributed by atoms with Gasteiger partial charge in [-0.1, -0.05) is 56.0 Å². The van der Waals surface area contributed by atoms with E-state index in [1.54, 1.807) is 0 Å². The molecule has 18 heavy (non-hydrogen) atoms. The lowest BCUT2D eigenvalue weighted by molar-refractivity contribution is 1.50. The molecule has 0 aliphatic heterocycles. The molecule has 0 atom stereocenters. The van der Waals surface area contributed by atoms with E-state index in [2.05, 4.69) is 68.2 Å². The van der Waals surface area contributed by atoms with Crippen molar-refractivity contribution in [1.82, 2.24) is 4.98 Å².